The van der Waals surface area contributed by atoms with Crippen LogP contribution in [0.15, 0.2) is 83.3 Å². The van der Waals surface area contributed by atoms with Gasteiger partial charge in [0.25, 0.3) is 0 Å². The second kappa shape index (κ2) is 6.53. The zero-order valence-electron chi connectivity index (χ0n) is 14.1. The molecule has 3 aromatic carbocycles. The summed E-state index contributed by atoms with van der Waals surface area (Å²) in [5.41, 5.74) is 4.44. The number of fused-ring (bicyclic) bond motifs is 1. The van der Waals surface area contributed by atoms with Crippen molar-refractivity contribution in [2.24, 2.45) is 0 Å². The lowest BCUT2D eigenvalue weighted by atomic mass is 9.83. The van der Waals surface area contributed by atoms with Gasteiger partial charge in [-0.25, -0.2) is 0 Å². The van der Waals surface area contributed by atoms with Crippen molar-refractivity contribution in [1.82, 2.24) is 0 Å². The molecular formula is C23H19BrO. The molecule has 25 heavy (non-hydrogen) atoms. The van der Waals surface area contributed by atoms with Crippen molar-refractivity contribution in [3.63, 3.8) is 0 Å². The van der Waals surface area contributed by atoms with Gasteiger partial charge in [0, 0.05) is 22.0 Å². The van der Waals surface area contributed by atoms with Crippen LogP contribution in [-0.4, -0.2) is 0 Å². The van der Waals surface area contributed by atoms with E-state index >= 15 is 0 Å². The first-order valence-electron chi connectivity index (χ1n) is 8.44. The Bertz CT molecular complexity index is 912. The quantitative estimate of drug-likeness (QED) is 0.500. The number of ether oxygens (including phenoxy) is 1. The van der Waals surface area contributed by atoms with Crippen molar-refractivity contribution < 1.29 is 4.74 Å². The minimum atomic E-state index is -0.394. The van der Waals surface area contributed by atoms with E-state index in [1.54, 1.807) is 0 Å². The fourth-order valence-corrected chi connectivity index (χ4v) is 3.71. The summed E-state index contributed by atoms with van der Waals surface area (Å²) in [6.07, 6.45) is 2.98. The van der Waals surface area contributed by atoms with E-state index in [1.807, 2.05) is 0 Å². The van der Waals surface area contributed by atoms with E-state index in [0.717, 1.165) is 22.2 Å². The molecule has 1 nitrogen and oxygen atoms in total. The molecule has 3 aromatic rings. The van der Waals surface area contributed by atoms with Crippen LogP contribution in [0, 0.1) is 0 Å². The number of benzene rings is 3. The highest BCUT2D eigenvalue weighted by atomic mass is 79.9. The molecule has 1 atom stereocenters. The van der Waals surface area contributed by atoms with Gasteiger partial charge in [0.05, 0.1) is 0 Å². The topological polar surface area (TPSA) is 9.23 Å². The SMILES string of the molecule is CC1(Cc2ccccc2)OC(c2ccc(Br)cc2)=Cc2ccccc21. The summed E-state index contributed by atoms with van der Waals surface area (Å²) < 4.78 is 7.65. The highest BCUT2D eigenvalue weighted by Gasteiger charge is 2.35. The molecule has 0 amide bonds. The smallest absolute Gasteiger partial charge is 0.136 e. The lowest BCUT2D eigenvalue weighted by Crippen LogP contribution is -2.31. The molecule has 4 rings (SSSR count). The van der Waals surface area contributed by atoms with Crippen molar-refractivity contribution >= 4 is 27.8 Å². The molecule has 2 heteroatoms. The first-order chi connectivity index (χ1) is 12.1. The highest BCUT2D eigenvalue weighted by molar-refractivity contribution is 9.10. The van der Waals surface area contributed by atoms with Gasteiger partial charge in [-0.3, -0.25) is 0 Å². The summed E-state index contributed by atoms with van der Waals surface area (Å²) in [6.45, 7) is 2.19. The molecule has 1 unspecified atom stereocenters. The highest BCUT2D eigenvalue weighted by Crippen LogP contribution is 2.41. The van der Waals surface area contributed by atoms with Crippen LogP contribution >= 0.6 is 15.9 Å². The van der Waals surface area contributed by atoms with Crippen molar-refractivity contribution in [2.45, 2.75) is 18.9 Å². The molecule has 124 valence electrons. The van der Waals surface area contributed by atoms with Crippen LogP contribution in [0.3, 0.4) is 0 Å². The summed E-state index contributed by atoms with van der Waals surface area (Å²) in [5.74, 6) is 0.921. The van der Waals surface area contributed by atoms with E-state index in [0.29, 0.717) is 0 Å². The van der Waals surface area contributed by atoms with Crippen LogP contribution in [0.25, 0.3) is 11.8 Å². The van der Waals surface area contributed by atoms with Gasteiger partial charge >= 0.3 is 0 Å². The lowest BCUT2D eigenvalue weighted by molar-refractivity contribution is 0.0531. The number of hydrogen-bond donors (Lipinski definition) is 0. The first kappa shape index (κ1) is 16.2. The molecule has 0 saturated heterocycles. The normalized spacial score (nSPS) is 18.9. The van der Waals surface area contributed by atoms with E-state index in [1.165, 1.54) is 16.7 Å². The van der Waals surface area contributed by atoms with Crippen LogP contribution in [0.5, 0.6) is 0 Å². The monoisotopic (exact) mass is 390 g/mol. The molecule has 0 spiro atoms. The Labute approximate surface area is 157 Å². The zero-order chi connectivity index (χ0) is 17.3. The van der Waals surface area contributed by atoms with Gasteiger partial charge < -0.3 is 4.74 Å². The molecule has 0 N–H and O–H groups in total. The number of halogens is 1. The largest absolute Gasteiger partial charge is 0.482 e. The average Bonchev–Trinajstić information content (AvgIpc) is 2.63. The lowest BCUT2D eigenvalue weighted by Gasteiger charge is -2.37. The maximum absolute atomic E-state index is 6.58. The molecule has 0 fully saturated rings. The van der Waals surface area contributed by atoms with Crippen LogP contribution < -0.4 is 0 Å². The minimum absolute atomic E-state index is 0.394. The molecule has 1 aliphatic heterocycles. The maximum atomic E-state index is 6.58. The maximum Gasteiger partial charge on any atom is 0.136 e. The summed E-state index contributed by atoms with van der Waals surface area (Å²) >= 11 is 3.50. The van der Waals surface area contributed by atoms with Crippen LogP contribution in [-0.2, 0) is 16.8 Å². The molecule has 0 saturated carbocycles. The third-order valence-corrected chi connectivity index (χ3v) is 5.19. The van der Waals surface area contributed by atoms with Gasteiger partial charge in [0.15, 0.2) is 0 Å². The van der Waals surface area contributed by atoms with Crippen molar-refractivity contribution in [2.75, 3.05) is 0 Å². The summed E-state index contributed by atoms with van der Waals surface area (Å²) in [5, 5.41) is 0. The van der Waals surface area contributed by atoms with E-state index in [-0.39, 0.29) is 0 Å². The number of hydrogen-bond acceptors (Lipinski definition) is 1. The van der Waals surface area contributed by atoms with E-state index < -0.39 is 5.60 Å². The molecule has 0 bridgehead atoms. The minimum Gasteiger partial charge on any atom is -0.482 e. The number of rotatable bonds is 3. The molecule has 1 aliphatic rings. The Kier molecular flexibility index (Phi) is 4.22. The van der Waals surface area contributed by atoms with Crippen LogP contribution in [0.1, 0.15) is 29.2 Å². The zero-order valence-corrected chi connectivity index (χ0v) is 15.7. The Morgan fingerprint density at radius 1 is 0.840 bits per heavy atom. The van der Waals surface area contributed by atoms with Crippen molar-refractivity contribution in [3.05, 3.63) is 106 Å². The predicted molar refractivity (Wildman–Crippen MR) is 107 cm³/mol. The van der Waals surface area contributed by atoms with Gasteiger partial charge in [-0.2, -0.15) is 0 Å². The van der Waals surface area contributed by atoms with Gasteiger partial charge in [-0.15, -0.1) is 0 Å². The molecular weight excluding hydrogens is 372 g/mol. The van der Waals surface area contributed by atoms with Crippen molar-refractivity contribution in [1.29, 1.82) is 0 Å². The Morgan fingerprint density at radius 2 is 1.52 bits per heavy atom. The molecule has 0 radical (unpaired) electrons. The van der Waals surface area contributed by atoms with E-state index in [2.05, 4.69) is 108 Å². The van der Waals surface area contributed by atoms with Crippen molar-refractivity contribution in [3.8, 4) is 0 Å². The summed E-state index contributed by atoms with van der Waals surface area (Å²) in [4.78, 5) is 0. The van der Waals surface area contributed by atoms with Gasteiger partial charge in [0.1, 0.15) is 11.4 Å². The Hall–Kier alpha value is -2.32. The third-order valence-electron chi connectivity index (χ3n) is 4.67. The third kappa shape index (κ3) is 3.27. The predicted octanol–water partition coefficient (Wildman–Crippen LogP) is 6.44. The fourth-order valence-electron chi connectivity index (χ4n) is 3.45. The summed E-state index contributed by atoms with van der Waals surface area (Å²) in [6, 6.07) is 27.3. The van der Waals surface area contributed by atoms with E-state index in [4.69, 9.17) is 4.74 Å². The Morgan fingerprint density at radius 3 is 2.28 bits per heavy atom. The van der Waals surface area contributed by atoms with Gasteiger partial charge in [-0.1, -0.05) is 82.7 Å². The molecule has 1 heterocycles. The summed E-state index contributed by atoms with van der Waals surface area (Å²) in [7, 11) is 0. The van der Waals surface area contributed by atoms with E-state index in [9.17, 15) is 0 Å². The molecule has 0 aliphatic carbocycles. The van der Waals surface area contributed by atoms with Crippen LogP contribution in [0.4, 0.5) is 0 Å². The average molecular weight is 391 g/mol. The Balaban J connectivity index is 1.78. The first-order valence-corrected chi connectivity index (χ1v) is 9.23. The second-order valence-corrected chi connectivity index (χ2v) is 7.51. The standard InChI is InChI=1S/C23H19BrO/c1-23(16-17-7-3-2-4-8-17)21-10-6-5-9-19(21)15-22(25-23)18-11-13-20(24)14-12-18/h2-15H,16H2,1H3. The second-order valence-electron chi connectivity index (χ2n) is 6.60. The van der Waals surface area contributed by atoms with Gasteiger partial charge in [-0.05, 0) is 36.3 Å². The fraction of sp³-hybridized carbons (Fsp3) is 0.130. The van der Waals surface area contributed by atoms with Crippen LogP contribution in [0.2, 0.25) is 0 Å². The molecule has 0 aromatic heterocycles. The van der Waals surface area contributed by atoms with Gasteiger partial charge in [0.2, 0.25) is 0 Å².